The minimum Gasteiger partial charge on any atom is -0.204 e. The van der Waals surface area contributed by atoms with Crippen LogP contribution in [0.1, 0.15) is 69.4 Å². The Morgan fingerprint density at radius 2 is 1.30 bits per heavy atom. The molecule has 0 aromatic heterocycles. The highest BCUT2D eigenvalue weighted by atomic mass is 19.3. The fourth-order valence-electron chi connectivity index (χ4n) is 5.95. The zero-order chi connectivity index (χ0) is 19.3. The van der Waals surface area contributed by atoms with Crippen LogP contribution in [0.4, 0.5) is 22.0 Å². The molecule has 1 aromatic carbocycles. The third kappa shape index (κ3) is 3.29. The molecule has 1 aromatic rings. The molecular formula is C22H27F5. The van der Waals surface area contributed by atoms with Gasteiger partial charge in [-0.25, -0.2) is 22.0 Å². The third-order valence-corrected chi connectivity index (χ3v) is 7.60. The molecule has 0 N–H and O–H groups in total. The van der Waals surface area contributed by atoms with Crippen molar-refractivity contribution in [2.24, 2.45) is 29.6 Å². The van der Waals surface area contributed by atoms with Crippen LogP contribution in [0.3, 0.4) is 0 Å². The molecule has 0 saturated heterocycles. The summed E-state index contributed by atoms with van der Waals surface area (Å²) < 4.78 is 70.9. The normalized spacial score (nSPS) is 35.9. The van der Waals surface area contributed by atoms with Crippen LogP contribution in [-0.4, -0.2) is 0 Å². The van der Waals surface area contributed by atoms with Crippen LogP contribution in [0, 0.1) is 47.0 Å². The monoisotopic (exact) mass is 386 g/mol. The molecule has 0 radical (unpaired) electrons. The molecule has 0 spiro atoms. The third-order valence-electron chi connectivity index (χ3n) is 7.60. The van der Waals surface area contributed by atoms with Crippen molar-refractivity contribution in [2.75, 3.05) is 0 Å². The Labute approximate surface area is 157 Å². The van der Waals surface area contributed by atoms with E-state index in [1.165, 1.54) is 25.7 Å². The van der Waals surface area contributed by atoms with Crippen LogP contribution in [0.25, 0.3) is 0 Å². The van der Waals surface area contributed by atoms with Crippen molar-refractivity contribution >= 4 is 0 Å². The SMILES string of the molecule is CC1CCC(C2CCC(C3Cc4cc(F)c(F)c(F)c4C3(F)F)CC2)CC1. The first kappa shape index (κ1) is 19.2. The zero-order valence-electron chi connectivity index (χ0n) is 15.7. The van der Waals surface area contributed by atoms with Gasteiger partial charge in [-0.15, -0.1) is 0 Å². The van der Waals surface area contributed by atoms with Crippen molar-refractivity contribution in [1.29, 1.82) is 0 Å². The van der Waals surface area contributed by atoms with Gasteiger partial charge in [0.2, 0.25) is 0 Å². The molecule has 27 heavy (non-hydrogen) atoms. The van der Waals surface area contributed by atoms with Crippen molar-refractivity contribution in [2.45, 2.75) is 70.6 Å². The van der Waals surface area contributed by atoms with Crippen LogP contribution in [0.5, 0.6) is 0 Å². The molecule has 3 aliphatic rings. The molecule has 0 bridgehead atoms. The Kier molecular flexibility index (Phi) is 5.00. The Morgan fingerprint density at radius 3 is 1.89 bits per heavy atom. The smallest absolute Gasteiger partial charge is 0.204 e. The fraction of sp³-hybridized carbons (Fsp3) is 0.727. The summed E-state index contributed by atoms with van der Waals surface area (Å²) in [6, 6.07) is 0.760. The first-order chi connectivity index (χ1) is 12.8. The first-order valence-corrected chi connectivity index (χ1v) is 10.3. The predicted octanol–water partition coefficient (Wildman–Crippen LogP) is 7.00. The number of benzene rings is 1. The zero-order valence-corrected chi connectivity index (χ0v) is 15.7. The van der Waals surface area contributed by atoms with E-state index in [1.807, 2.05) is 0 Å². The van der Waals surface area contributed by atoms with Crippen LogP contribution in [0.2, 0.25) is 0 Å². The van der Waals surface area contributed by atoms with Gasteiger partial charge >= 0.3 is 0 Å². The molecule has 3 aliphatic carbocycles. The van der Waals surface area contributed by atoms with E-state index in [1.54, 1.807) is 0 Å². The second kappa shape index (κ2) is 7.04. The van der Waals surface area contributed by atoms with E-state index in [9.17, 15) is 22.0 Å². The van der Waals surface area contributed by atoms with Crippen molar-refractivity contribution in [3.05, 3.63) is 34.6 Å². The van der Waals surface area contributed by atoms with Gasteiger partial charge in [0.05, 0.1) is 5.56 Å². The number of alkyl halides is 2. The maximum absolute atomic E-state index is 14.9. The summed E-state index contributed by atoms with van der Waals surface area (Å²) in [4.78, 5) is 0. The van der Waals surface area contributed by atoms with Gasteiger partial charge in [-0.05, 0) is 80.2 Å². The second-order valence-electron chi connectivity index (χ2n) is 9.15. The van der Waals surface area contributed by atoms with Crippen molar-refractivity contribution in [3.63, 3.8) is 0 Å². The highest BCUT2D eigenvalue weighted by Gasteiger charge is 2.54. The Hall–Kier alpha value is -1.13. The van der Waals surface area contributed by atoms with Crippen LogP contribution < -0.4 is 0 Å². The molecular weight excluding hydrogens is 359 g/mol. The molecule has 1 atom stereocenters. The van der Waals surface area contributed by atoms with E-state index >= 15 is 0 Å². The van der Waals surface area contributed by atoms with Crippen molar-refractivity contribution in [1.82, 2.24) is 0 Å². The van der Waals surface area contributed by atoms with Crippen LogP contribution in [0.15, 0.2) is 6.07 Å². The van der Waals surface area contributed by atoms with Gasteiger partial charge in [-0.1, -0.05) is 19.8 Å². The number of hydrogen-bond acceptors (Lipinski definition) is 0. The van der Waals surface area contributed by atoms with Crippen LogP contribution >= 0.6 is 0 Å². The summed E-state index contributed by atoms with van der Waals surface area (Å²) >= 11 is 0. The summed E-state index contributed by atoms with van der Waals surface area (Å²) in [6.45, 7) is 2.29. The molecule has 150 valence electrons. The van der Waals surface area contributed by atoms with E-state index in [0.29, 0.717) is 24.7 Å². The molecule has 0 aliphatic heterocycles. The second-order valence-corrected chi connectivity index (χ2v) is 9.15. The van der Waals surface area contributed by atoms with E-state index in [0.717, 1.165) is 24.8 Å². The maximum atomic E-state index is 14.9. The average molecular weight is 386 g/mol. The van der Waals surface area contributed by atoms with Gasteiger partial charge in [0, 0.05) is 5.92 Å². The van der Waals surface area contributed by atoms with E-state index < -0.39 is 34.9 Å². The molecule has 5 heteroatoms. The lowest BCUT2D eigenvalue weighted by atomic mass is 9.67. The Morgan fingerprint density at radius 1 is 0.778 bits per heavy atom. The molecule has 0 heterocycles. The standard InChI is InChI=1S/C22H27F5/c1-12-2-4-13(5-3-12)14-6-8-15(9-7-14)17-10-16-11-18(23)20(24)21(25)19(16)22(17,26)27/h11-15,17H,2-10H2,1H3. The number of fused-ring (bicyclic) bond motifs is 1. The number of hydrogen-bond donors (Lipinski definition) is 0. The average Bonchev–Trinajstić information content (AvgIpc) is 2.91. The van der Waals surface area contributed by atoms with E-state index in [-0.39, 0.29) is 17.9 Å². The quantitative estimate of drug-likeness (QED) is 0.379. The highest BCUT2D eigenvalue weighted by molar-refractivity contribution is 5.39. The molecule has 0 nitrogen and oxygen atoms in total. The minimum atomic E-state index is -3.42. The van der Waals surface area contributed by atoms with Gasteiger partial charge < -0.3 is 0 Å². The molecule has 2 fully saturated rings. The molecule has 0 amide bonds. The number of halogens is 5. The first-order valence-electron chi connectivity index (χ1n) is 10.3. The van der Waals surface area contributed by atoms with Gasteiger partial charge in [0.15, 0.2) is 17.5 Å². The van der Waals surface area contributed by atoms with E-state index in [4.69, 9.17) is 0 Å². The highest BCUT2D eigenvalue weighted by Crippen LogP contribution is 2.54. The summed E-state index contributed by atoms with van der Waals surface area (Å²) in [5, 5.41) is 0. The fourth-order valence-corrected chi connectivity index (χ4v) is 5.95. The van der Waals surface area contributed by atoms with Gasteiger partial charge in [0.25, 0.3) is 5.92 Å². The lowest BCUT2D eigenvalue weighted by Gasteiger charge is -2.39. The number of rotatable bonds is 2. The largest absolute Gasteiger partial charge is 0.279 e. The topological polar surface area (TPSA) is 0 Å². The van der Waals surface area contributed by atoms with E-state index in [2.05, 4.69) is 6.92 Å². The van der Waals surface area contributed by atoms with Crippen molar-refractivity contribution in [3.8, 4) is 0 Å². The predicted molar refractivity (Wildman–Crippen MR) is 94.0 cm³/mol. The Balaban J connectivity index is 1.45. The summed E-state index contributed by atoms with van der Waals surface area (Å²) in [5.41, 5.74) is -0.973. The molecule has 2 saturated carbocycles. The summed E-state index contributed by atoms with van der Waals surface area (Å²) in [6.07, 6.45) is 8.24. The molecule has 1 unspecified atom stereocenters. The minimum absolute atomic E-state index is 0.0628. The van der Waals surface area contributed by atoms with Crippen LogP contribution in [-0.2, 0) is 12.3 Å². The lowest BCUT2D eigenvalue weighted by Crippen LogP contribution is -2.33. The summed E-state index contributed by atoms with van der Waals surface area (Å²) in [7, 11) is 0. The Bertz CT molecular complexity index is 697. The molecule has 4 rings (SSSR count). The maximum Gasteiger partial charge on any atom is 0.279 e. The van der Waals surface area contributed by atoms with Gasteiger partial charge in [0.1, 0.15) is 0 Å². The van der Waals surface area contributed by atoms with Gasteiger partial charge in [-0.3, -0.25) is 0 Å². The lowest BCUT2D eigenvalue weighted by molar-refractivity contribution is -0.0856. The summed E-state index contributed by atoms with van der Waals surface area (Å²) in [5.74, 6) is -7.44. The van der Waals surface area contributed by atoms with Gasteiger partial charge in [-0.2, -0.15) is 0 Å². The van der Waals surface area contributed by atoms with Crippen molar-refractivity contribution < 1.29 is 22.0 Å².